The lowest BCUT2D eigenvalue weighted by Gasteiger charge is -2.07. The van der Waals surface area contributed by atoms with Crippen LogP contribution in [0.25, 0.3) is 0 Å². The van der Waals surface area contributed by atoms with Crippen molar-refractivity contribution in [3.63, 3.8) is 0 Å². The topological polar surface area (TPSA) is 38.4 Å². The summed E-state index contributed by atoms with van der Waals surface area (Å²) in [6, 6.07) is 6.73. The first-order valence-corrected chi connectivity index (χ1v) is 6.11. The third kappa shape index (κ3) is 4.21. The van der Waals surface area contributed by atoms with Crippen LogP contribution in [0.15, 0.2) is 53.6 Å². The van der Waals surface area contributed by atoms with Crippen molar-refractivity contribution in [1.29, 1.82) is 0 Å². The summed E-state index contributed by atoms with van der Waals surface area (Å²) in [4.78, 5) is 0.0305. The van der Waals surface area contributed by atoms with Gasteiger partial charge in [0.1, 0.15) is 5.69 Å². The summed E-state index contributed by atoms with van der Waals surface area (Å²) in [5.74, 6) is 0. The van der Waals surface area contributed by atoms with Crippen molar-refractivity contribution in [2.24, 2.45) is 5.11 Å². The van der Waals surface area contributed by atoms with E-state index in [0.717, 1.165) is 36.4 Å². The lowest BCUT2D eigenvalue weighted by Crippen LogP contribution is -2.04. The second-order valence-corrected chi connectivity index (χ2v) is 4.46. The summed E-state index contributed by atoms with van der Waals surface area (Å²) in [7, 11) is 0. The largest absolute Gasteiger partial charge is 0.594 e. The highest BCUT2D eigenvalue weighted by molar-refractivity contribution is 5.39. The van der Waals surface area contributed by atoms with E-state index in [1.165, 1.54) is 0 Å². The van der Waals surface area contributed by atoms with Crippen LogP contribution in [0.5, 0.6) is 0 Å². The highest BCUT2D eigenvalue weighted by Gasteiger charge is 2.31. The number of benzene rings is 2. The Kier molecular flexibility index (Phi) is 4.31. The second-order valence-electron chi connectivity index (χ2n) is 4.46. The minimum atomic E-state index is -4.53. The lowest BCUT2D eigenvalue weighted by molar-refractivity contribution is -0.435. The van der Waals surface area contributed by atoms with E-state index in [0.29, 0.717) is 12.1 Å². The summed E-state index contributed by atoms with van der Waals surface area (Å²) < 4.78 is 74.3. The van der Waals surface area contributed by atoms with Crippen molar-refractivity contribution in [3.05, 3.63) is 64.9 Å². The molecule has 0 saturated carbocycles. The maximum atomic E-state index is 12.4. The number of rotatable bonds is 2. The van der Waals surface area contributed by atoms with Gasteiger partial charge in [0.15, 0.2) is 0 Å². The standard InChI is InChI=1S/C14H8F6N2O/c15-13(16,17)9-1-5-11(6-2-9)21-22(23)12-7-3-10(4-8-12)14(18,19)20/h1-8H. The van der Waals surface area contributed by atoms with Crippen LogP contribution in [-0.2, 0) is 12.4 Å². The van der Waals surface area contributed by atoms with Crippen molar-refractivity contribution in [2.75, 3.05) is 0 Å². The quantitative estimate of drug-likeness (QED) is 0.303. The van der Waals surface area contributed by atoms with Gasteiger partial charge in [-0.25, -0.2) is 0 Å². The first kappa shape index (κ1) is 16.8. The van der Waals surface area contributed by atoms with Crippen LogP contribution in [0, 0.1) is 5.21 Å². The number of halogens is 6. The molecule has 0 aromatic heterocycles. The minimum absolute atomic E-state index is 0.0305. The van der Waals surface area contributed by atoms with E-state index in [1.54, 1.807) is 0 Å². The van der Waals surface area contributed by atoms with Crippen LogP contribution < -0.4 is 0 Å². The molecule has 0 bridgehead atoms. The van der Waals surface area contributed by atoms with Gasteiger partial charge in [0.2, 0.25) is 5.69 Å². The van der Waals surface area contributed by atoms with Crippen LogP contribution in [0.2, 0.25) is 0 Å². The highest BCUT2D eigenvalue weighted by Crippen LogP contribution is 2.32. The highest BCUT2D eigenvalue weighted by atomic mass is 19.4. The van der Waals surface area contributed by atoms with Crippen molar-refractivity contribution < 1.29 is 31.2 Å². The van der Waals surface area contributed by atoms with Crippen molar-refractivity contribution in [2.45, 2.75) is 12.4 Å². The van der Waals surface area contributed by atoms with Gasteiger partial charge in [0.05, 0.1) is 11.1 Å². The van der Waals surface area contributed by atoms with E-state index in [9.17, 15) is 31.5 Å². The van der Waals surface area contributed by atoms with Gasteiger partial charge in [0.25, 0.3) is 0 Å². The molecule has 0 aliphatic heterocycles. The molecule has 0 radical (unpaired) electrons. The monoisotopic (exact) mass is 334 g/mol. The van der Waals surface area contributed by atoms with Crippen LogP contribution >= 0.6 is 0 Å². The molecule has 0 atom stereocenters. The third-order valence-corrected chi connectivity index (χ3v) is 2.82. The molecule has 2 aromatic carbocycles. The summed E-state index contributed by atoms with van der Waals surface area (Å²) >= 11 is 0. The maximum absolute atomic E-state index is 12.4. The molecule has 0 unspecified atom stereocenters. The Morgan fingerprint density at radius 1 is 0.696 bits per heavy atom. The molecule has 23 heavy (non-hydrogen) atoms. The van der Waals surface area contributed by atoms with Crippen molar-refractivity contribution in [3.8, 4) is 0 Å². The van der Waals surface area contributed by atoms with Gasteiger partial charge in [0, 0.05) is 17.2 Å². The van der Waals surface area contributed by atoms with Crippen molar-refractivity contribution in [1.82, 2.24) is 0 Å². The van der Waals surface area contributed by atoms with E-state index in [2.05, 4.69) is 5.11 Å². The number of nitrogens with zero attached hydrogens (tertiary/aromatic N) is 2. The van der Waals surface area contributed by atoms with Crippen LogP contribution in [0.4, 0.5) is 37.7 Å². The zero-order valence-electron chi connectivity index (χ0n) is 11.2. The fraction of sp³-hybridized carbons (Fsp3) is 0.143. The molecule has 0 N–H and O–H groups in total. The van der Waals surface area contributed by atoms with Gasteiger partial charge in [-0.2, -0.15) is 26.3 Å². The maximum Gasteiger partial charge on any atom is 0.416 e. The van der Waals surface area contributed by atoms with E-state index in [4.69, 9.17) is 0 Å². The number of hydrogen-bond donors (Lipinski definition) is 0. The molecule has 3 nitrogen and oxygen atoms in total. The van der Waals surface area contributed by atoms with Gasteiger partial charge in [-0.3, -0.25) is 0 Å². The molecule has 0 aliphatic rings. The number of azo groups is 1. The molecule has 0 aliphatic carbocycles. The molecule has 9 heteroatoms. The van der Waals surface area contributed by atoms with E-state index >= 15 is 0 Å². The zero-order valence-corrected chi connectivity index (χ0v) is 11.2. The second kappa shape index (κ2) is 5.90. The molecule has 2 aromatic rings. The van der Waals surface area contributed by atoms with Gasteiger partial charge >= 0.3 is 12.4 Å². The Balaban J connectivity index is 2.22. The first-order valence-electron chi connectivity index (χ1n) is 6.11. The smallest absolute Gasteiger partial charge is 0.416 e. The van der Waals surface area contributed by atoms with E-state index < -0.39 is 23.5 Å². The zero-order chi connectivity index (χ0) is 17.3. The summed E-state index contributed by atoms with van der Waals surface area (Å²) in [5.41, 5.74) is -2.07. The normalized spacial score (nSPS) is 13.2. The van der Waals surface area contributed by atoms with E-state index in [1.807, 2.05) is 0 Å². The lowest BCUT2D eigenvalue weighted by atomic mass is 10.2. The Morgan fingerprint density at radius 2 is 1.09 bits per heavy atom. The van der Waals surface area contributed by atoms with Crippen LogP contribution in [-0.4, -0.2) is 4.86 Å². The molecule has 122 valence electrons. The third-order valence-electron chi connectivity index (χ3n) is 2.82. The molecular weight excluding hydrogens is 326 g/mol. The Bertz CT molecular complexity index is 702. The molecule has 0 heterocycles. The van der Waals surface area contributed by atoms with Crippen molar-refractivity contribution >= 4 is 11.4 Å². The van der Waals surface area contributed by atoms with Gasteiger partial charge in [-0.05, 0) is 36.4 Å². The predicted molar refractivity (Wildman–Crippen MR) is 68.3 cm³/mol. The minimum Gasteiger partial charge on any atom is -0.594 e. The Labute approximate surface area is 126 Å². The van der Waals surface area contributed by atoms with Gasteiger partial charge in [-0.1, -0.05) is 4.86 Å². The molecule has 0 saturated heterocycles. The number of hydrogen-bond acceptors (Lipinski definition) is 2. The molecule has 2 rings (SSSR count). The fourth-order valence-corrected chi connectivity index (χ4v) is 1.66. The van der Waals surface area contributed by atoms with Crippen LogP contribution in [0.3, 0.4) is 0 Å². The van der Waals surface area contributed by atoms with Gasteiger partial charge < -0.3 is 5.21 Å². The summed E-state index contributed by atoms with van der Waals surface area (Å²) in [6.07, 6.45) is -9.04. The predicted octanol–water partition coefficient (Wildman–Crippen LogP) is 5.65. The van der Waals surface area contributed by atoms with Crippen LogP contribution in [0.1, 0.15) is 11.1 Å². The molecular formula is C14H8F6N2O. The molecule has 0 amide bonds. The Hall–Kier alpha value is -2.58. The van der Waals surface area contributed by atoms with Gasteiger partial charge in [-0.15, -0.1) is 0 Å². The first-order chi connectivity index (χ1) is 10.6. The average Bonchev–Trinajstić information content (AvgIpc) is 2.46. The molecule has 0 spiro atoms. The molecule has 0 fully saturated rings. The fourth-order valence-electron chi connectivity index (χ4n) is 1.66. The summed E-state index contributed by atoms with van der Waals surface area (Å²) in [5, 5.41) is 15.2. The van der Waals surface area contributed by atoms with E-state index in [-0.39, 0.29) is 16.2 Å². The average molecular weight is 334 g/mol. The Morgan fingerprint density at radius 3 is 1.48 bits per heavy atom. The SMILES string of the molecule is [O-][N+](=Nc1ccc(C(F)(F)F)cc1)c1ccc(C(F)(F)F)cc1. The number of alkyl halides is 6. The summed E-state index contributed by atoms with van der Waals surface area (Å²) in [6.45, 7) is 0.